The second kappa shape index (κ2) is 8.57. The highest BCUT2D eigenvalue weighted by molar-refractivity contribution is 5.87. The Morgan fingerprint density at radius 3 is 1.79 bits per heavy atom. The third kappa shape index (κ3) is 4.60. The fourth-order valence-corrected chi connectivity index (χ4v) is 3.69. The average Bonchev–Trinajstić information content (AvgIpc) is 2.70. The molecule has 3 rings (SSSR count). The van der Waals surface area contributed by atoms with Crippen LogP contribution >= 0.6 is 0 Å². The minimum atomic E-state index is -0.815. The van der Waals surface area contributed by atoms with Gasteiger partial charge in [0.15, 0.2) is 0 Å². The number of rotatable bonds is 6. The Bertz CT molecular complexity index is 758. The smallest absolute Gasteiger partial charge is 0.223 e. The third-order valence-electron chi connectivity index (χ3n) is 5.52. The van der Waals surface area contributed by atoms with Crippen LogP contribution in [0.2, 0.25) is 0 Å². The van der Waals surface area contributed by atoms with Crippen LogP contribution < -0.4 is 5.73 Å². The maximum absolute atomic E-state index is 12.6. The van der Waals surface area contributed by atoms with E-state index in [-0.39, 0.29) is 18.4 Å². The lowest BCUT2D eigenvalue weighted by Gasteiger charge is -2.40. The molecule has 2 aromatic rings. The molecule has 148 valence electrons. The number of carbonyl (C=O) groups is 2. The lowest BCUT2D eigenvalue weighted by Crippen LogP contribution is -2.51. The number of nitrogens with zero attached hydrogens (tertiary/aromatic N) is 2. The number of amides is 2. The zero-order chi connectivity index (χ0) is 20.1. The summed E-state index contributed by atoms with van der Waals surface area (Å²) in [5.74, 6) is -0.438. The molecular weight excluding hydrogens is 350 g/mol. The highest BCUT2D eigenvalue weighted by Crippen LogP contribution is 2.30. The number of benzene rings is 2. The first-order valence-corrected chi connectivity index (χ1v) is 9.80. The lowest BCUT2D eigenvalue weighted by molar-refractivity contribution is -0.139. The summed E-state index contributed by atoms with van der Waals surface area (Å²) >= 11 is 0. The maximum Gasteiger partial charge on any atom is 0.223 e. The van der Waals surface area contributed by atoms with Crippen molar-refractivity contribution in [3.8, 4) is 0 Å². The molecule has 5 heteroatoms. The van der Waals surface area contributed by atoms with Gasteiger partial charge in [-0.2, -0.15) is 0 Å². The van der Waals surface area contributed by atoms with Gasteiger partial charge < -0.3 is 10.6 Å². The fraction of sp³-hybridized carbons (Fsp3) is 0.391. The largest absolute Gasteiger partial charge is 0.369 e. The second-order valence-electron chi connectivity index (χ2n) is 8.07. The summed E-state index contributed by atoms with van der Waals surface area (Å²) < 4.78 is 0. The van der Waals surface area contributed by atoms with Crippen molar-refractivity contribution in [3.05, 3.63) is 71.8 Å². The minimum absolute atomic E-state index is 0.000535. The van der Waals surface area contributed by atoms with Crippen molar-refractivity contribution in [1.29, 1.82) is 0 Å². The van der Waals surface area contributed by atoms with Crippen LogP contribution in [0.15, 0.2) is 60.7 Å². The summed E-state index contributed by atoms with van der Waals surface area (Å²) in [6.45, 7) is 6.34. The Kier molecular flexibility index (Phi) is 6.15. The van der Waals surface area contributed by atoms with Crippen LogP contribution in [0.25, 0.3) is 0 Å². The normalized spacial score (nSPS) is 15.6. The second-order valence-corrected chi connectivity index (χ2v) is 8.07. The van der Waals surface area contributed by atoms with Crippen LogP contribution in [0.3, 0.4) is 0 Å². The Balaban J connectivity index is 1.71. The highest BCUT2D eigenvalue weighted by atomic mass is 16.2. The Labute approximate surface area is 167 Å². The zero-order valence-corrected chi connectivity index (χ0v) is 16.7. The molecule has 0 bridgehead atoms. The van der Waals surface area contributed by atoms with Gasteiger partial charge >= 0.3 is 0 Å². The molecule has 0 unspecified atom stereocenters. The fourth-order valence-electron chi connectivity index (χ4n) is 3.69. The number of piperazine rings is 1. The molecule has 1 aliphatic heterocycles. The molecule has 0 spiro atoms. The van der Waals surface area contributed by atoms with E-state index < -0.39 is 11.3 Å². The first-order chi connectivity index (χ1) is 13.4. The van der Waals surface area contributed by atoms with Gasteiger partial charge in [0.1, 0.15) is 0 Å². The molecule has 0 saturated carbocycles. The van der Waals surface area contributed by atoms with Crippen molar-refractivity contribution in [2.45, 2.75) is 26.3 Å². The van der Waals surface area contributed by atoms with E-state index in [1.54, 1.807) is 13.8 Å². The van der Waals surface area contributed by atoms with Gasteiger partial charge in [0.25, 0.3) is 0 Å². The number of nitrogens with two attached hydrogens (primary N) is 1. The molecule has 1 fully saturated rings. The standard InChI is InChI=1S/C23H29N3O2/c1-23(2,22(24)28)17-20(27)25-13-15-26(16-14-25)21(18-9-5-3-6-10-18)19-11-7-4-8-12-19/h3-12,21H,13-17H2,1-2H3,(H2,24,28). The van der Waals surface area contributed by atoms with Gasteiger partial charge in [-0.05, 0) is 11.1 Å². The van der Waals surface area contributed by atoms with Gasteiger partial charge in [-0.25, -0.2) is 0 Å². The predicted octanol–water partition coefficient (Wildman–Crippen LogP) is 2.82. The molecule has 2 aromatic carbocycles. The summed E-state index contributed by atoms with van der Waals surface area (Å²) in [5.41, 5.74) is 7.11. The monoisotopic (exact) mass is 379 g/mol. The first-order valence-electron chi connectivity index (χ1n) is 9.80. The van der Waals surface area contributed by atoms with Gasteiger partial charge in [0.2, 0.25) is 11.8 Å². The van der Waals surface area contributed by atoms with Gasteiger partial charge in [-0.15, -0.1) is 0 Å². The molecule has 0 aromatic heterocycles. The zero-order valence-electron chi connectivity index (χ0n) is 16.7. The van der Waals surface area contributed by atoms with E-state index in [1.807, 2.05) is 17.0 Å². The van der Waals surface area contributed by atoms with Crippen molar-refractivity contribution in [2.75, 3.05) is 26.2 Å². The molecule has 28 heavy (non-hydrogen) atoms. The Morgan fingerprint density at radius 1 is 0.893 bits per heavy atom. The molecule has 1 heterocycles. The van der Waals surface area contributed by atoms with Gasteiger partial charge in [-0.1, -0.05) is 74.5 Å². The van der Waals surface area contributed by atoms with Crippen molar-refractivity contribution < 1.29 is 9.59 Å². The van der Waals surface area contributed by atoms with E-state index in [2.05, 4.69) is 53.4 Å². The minimum Gasteiger partial charge on any atom is -0.369 e. The van der Waals surface area contributed by atoms with Gasteiger partial charge in [0, 0.05) is 32.6 Å². The van der Waals surface area contributed by atoms with Crippen LogP contribution in [0.1, 0.15) is 37.4 Å². The first kappa shape index (κ1) is 20.1. The quantitative estimate of drug-likeness (QED) is 0.839. The summed E-state index contributed by atoms with van der Waals surface area (Å²) in [4.78, 5) is 28.5. The van der Waals surface area contributed by atoms with Gasteiger partial charge in [-0.3, -0.25) is 14.5 Å². The van der Waals surface area contributed by atoms with E-state index >= 15 is 0 Å². The number of primary amides is 1. The number of hydrogen-bond acceptors (Lipinski definition) is 3. The van der Waals surface area contributed by atoms with Crippen molar-refractivity contribution in [2.24, 2.45) is 11.1 Å². The summed E-state index contributed by atoms with van der Waals surface area (Å²) in [5, 5.41) is 0. The molecule has 1 saturated heterocycles. The molecule has 0 aliphatic carbocycles. The molecule has 2 N–H and O–H groups in total. The highest BCUT2D eigenvalue weighted by Gasteiger charge is 2.33. The topological polar surface area (TPSA) is 66.6 Å². The Hall–Kier alpha value is -2.66. The van der Waals surface area contributed by atoms with Crippen LogP contribution in [-0.2, 0) is 9.59 Å². The summed E-state index contributed by atoms with van der Waals surface area (Å²) in [6.07, 6.45) is 0.156. The van der Waals surface area contributed by atoms with Crippen LogP contribution in [0, 0.1) is 5.41 Å². The average molecular weight is 380 g/mol. The molecule has 2 amide bonds. The lowest BCUT2D eigenvalue weighted by atomic mass is 9.88. The third-order valence-corrected chi connectivity index (χ3v) is 5.52. The van der Waals surface area contributed by atoms with Crippen LogP contribution in [0.5, 0.6) is 0 Å². The van der Waals surface area contributed by atoms with E-state index in [9.17, 15) is 9.59 Å². The molecule has 1 aliphatic rings. The van der Waals surface area contributed by atoms with Crippen LogP contribution in [0.4, 0.5) is 0 Å². The van der Waals surface area contributed by atoms with Crippen molar-refractivity contribution in [1.82, 2.24) is 9.80 Å². The van der Waals surface area contributed by atoms with Crippen molar-refractivity contribution >= 4 is 11.8 Å². The SMILES string of the molecule is CC(C)(CC(=O)N1CCN(C(c2ccccc2)c2ccccc2)CC1)C(N)=O. The predicted molar refractivity (Wildman–Crippen MR) is 110 cm³/mol. The number of hydrogen-bond donors (Lipinski definition) is 1. The molecule has 5 nitrogen and oxygen atoms in total. The summed E-state index contributed by atoms with van der Waals surface area (Å²) in [7, 11) is 0. The van der Waals surface area contributed by atoms with E-state index in [4.69, 9.17) is 5.73 Å². The van der Waals surface area contributed by atoms with E-state index in [0.29, 0.717) is 13.1 Å². The van der Waals surface area contributed by atoms with Crippen molar-refractivity contribution in [3.63, 3.8) is 0 Å². The van der Waals surface area contributed by atoms with E-state index in [1.165, 1.54) is 11.1 Å². The van der Waals surface area contributed by atoms with Gasteiger partial charge in [0.05, 0.1) is 11.5 Å². The van der Waals surface area contributed by atoms with Crippen LogP contribution in [-0.4, -0.2) is 47.8 Å². The Morgan fingerprint density at radius 2 is 1.36 bits per heavy atom. The molecule has 0 atom stereocenters. The maximum atomic E-state index is 12.6. The number of carbonyl (C=O) groups excluding carboxylic acids is 2. The molecule has 0 radical (unpaired) electrons. The summed E-state index contributed by atoms with van der Waals surface area (Å²) in [6, 6.07) is 21.1. The molecular formula is C23H29N3O2. The van der Waals surface area contributed by atoms with E-state index in [0.717, 1.165) is 13.1 Å².